The monoisotopic (exact) mass is 269 g/mol. The number of nitrogens with zero attached hydrogens (tertiary/aromatic N) is 1. The fourth-order valence-electron chi connectivity index (χ4n) is 3.18. The zero-order chi connectivity index (χ0) is 13.5. The van der Waals surface area contributed by atoms with Crippen molar-refractivity contribution in [2.75, 3.05) is 0 Å². The summed E-state index contributed by atoms with van der Waals surface area (Å²) in [6, 6.07) is 3.47. The van der Waals surface area contributed by atoms with Crippen LogP contribution in [0.4, 0.5) is 13.2 Å². The molecule has 1 aromatic rings. The number of hydrogen-bond acceptors (Lipinski definition) is 1. The van der Waals surface area contributed by atoms with Crippen molar-refractivity contribution in [2.24, 2.45) is 0 Å². The molecule has 1 aromatic heterocycles. The molecule has 0 aromatic carbocycles. The van der Waals surface area contributed by atoms with E-state index >= 15 is 0 Å². The first-order valence-corrected chi connectivity index (χ1v) is 7.06. The summed E-state index contributed by atoms with van der Waals surface area (Å²) < 4.78 is 39.0. The highest BCUT2D eigenvalue weighted by Crippen LogP contribution is 2.58. The minimum absolute atomic E-state index is 0.187. The van der Waals surface area contributed by atoms with E-state index in [1.54, 1.807) is 12.3 Å². The molecular formula is C15H18F3N. The van der Waals surface area contributed by atoms with Crippen LogP contribution in [0.5, 0.6) is 0 Å². The van der Waals surface area contributed by atoms with Gasteiger partial charge in [0.2, 0.25) is 0 Å². The molecule has 0 amide bonds. The summed E-state index contributed by atoms with van der Waals surface area (Å²) in [5.41, 5.74) is -0.320. The largest absolute Gasteiger partial charge is 0.399 e. The molecule has 2 aliphatic rings. The Morgan fingerprint density at radius 2 is 1.74 bits per heavy atom. The Hall–Kier alpha value is -1.06. The zero-order valence-corrected chi connectivity index (χ0v) is 10.8. The van der Waals surface area contributed by atoms with E-state index in [-0.39, 0.29) is 18.5 Å². The molecule has 0 bridgehead atoms. The van der Waals surface area contributed by atoms with Gasteiger partial charge in [0.15, 0.2) is 0 Å². The minimum atomic E-state index is -4.16. The average Bonchev–Trinajstić information content (AvgIpc) is 3.21. The van der Waals surface area contributed by atoms with Gasteiger partial charge in [0.05, 0.1) is 5.69 Å². The Bertz CT molecular complexity index is 439. The summed E-state index contributed by atoms with van der Waals surface area (Å²) in [4.78, 5) is 4.13. The van der Waals surface area contributed by atoms with E-state index in [9.17, 15) is 13.2 Å². The lowest BCUT2D eigenvalue weighted by Gasteiger charge is -2.23. The Morgan fingerprint density at radius 3 is 2.21 bits per heavy atom. The molecular weight excluding hydrogens is 251 g/mol. The third kappa shape index (κ3) is 2.26. The second-order valence-corrected chi connectivity index (χ2v) is 5.89. The molecule has 0 saturated heterocycles. The first kappa shape index (κ1) is 12.9. The maximum absolute atomic E-state index is 13.0. The van der Waals surface area contributed by atoms with Crippen molar-refractivity contribution in [2.45, 2.75) is 62.5 Å². The highest BCUT2D eigenvalue weighted by atomic mass is 19.4. The molecule has 0 aliphatic heterocycles. The first-order valence-electron chi connectivity index (χ1n) is 7.06. The molecule has 1 nitrogen and oxygen atoms in total. The van der Waals surface area contributed by atoms with Gasteiger partial charge in [-0.2, -0.15) is 13.2 Å². The summed E-state index contributed by atoms with van der Waals surface area (Å²) in [6.45, 7) is 0. The van der Waals surface area contributed by atoms with Crippen LogP contribution in [0.2, 0.25) is 0 Å². The van der Waals surface area contributed by atoms with Crippen molar-refractivity contribution in [1.29, 1.82) is 0 Å². The number of alkyl halides is 3. The van der Waals surface area contributed by atoms with Crippen molar-refractivity contribution in [3.05, 3.63) is 29.6 Å². The van der Waals surface area contributed by atoms with Gasteiger partial charge < -0.3 is 0 Å². The molecule has 104 valence electrons. The van der Waals surface area contributed by atoms with Gasteiger partial charge in [-0.3, -0.25) is 4.98 Å². The van der Waals surface area contributed by atoms with Gasteiger partial charge in [-0.1, -0.05) is 25.3 Å². The number of halogens is 3. The van der Waals surface area contributed by atoms with Crippen LogP contribution in [0.3, 0.4) is 0 Å². The van der Waals surface area contributed by atoms with Crippen LogP contribution in [0.15, 0.2) is 18.3 Å². The predicted octanol–water partition coefficient (Wildman–Crippen LogP) is 4.72. The molecule has 2 aliphatic carbocycles. The Labute approximate surface area is 111 Å². The maximum atomic E-state index is 13.0. The number of hydrogen-bond donors (Lipinski definition) is 0. The number of pyridine rings is 1. The van der Waals surface area contributed by atoms with Gasteiger partial charge in [-0.15, -0.1) is 0 Å². The van der Waals surface area contributed by atoms with Crippen molar-refractivity contribution in [3.8, 4) is 0 Å². The van der Waals surface area contributed by atoms with Crippen molar-refractivity contribution < 1.29 is 13.2 Å². The van der Waals surface area contributed by atoms with Gasteiger partial charge in [-0.05, 0) is 43.2 Å². The highest BCUT2D eigenvalue weighted by molar-refractivity contribution is 5.30. The number of rotatable bonds is 2. The molecule has 3 rings (SSSR count). The molecule has 0 radical (unpaired) electrons. The van der Waals surface area contributed by atoms with Crippen LogP contribution in [0.1, 0.15) is 62.1 Å². The Kier molecular flexibility index (Phi) is 3.06. The van der Waals surface area contributed by atoms with E-state index in [1.165, 1.54) is 19.3 Å². The lowest BCUT2D eigenvalue weighted by Crippen LogP contribution is -2.29. The van der Waals surface area contributed by atoms with Crippen molar-refractivity contribution in [1.82, 2.24) is 4.98 Å². The summed E-state index contributed by atoms with van der Waals surface area (Å²) in [7, 11) is 0. The molecule has 2 saturated carbocycles. The fraction of sp³-hybridized carbons (Fsp3) is 0.667. The van der Waals surface area contributed by atoms with E-state index in [0.717, 1.165) is 18.4 Å². The van der Waals surface area contributed by atoms with Crippen LogP contribution < -0.4 is 0 Å². The molecule has 2 fully saturated rings. The first-order chi connectivity index (χ1) is 9.03. The van der Waals surface area contributed by atoms with E-state index in [4.69, 9.17) is 0 Å². The summed E-state index contributed by atoms with van der Waals surface area (Å²) in [5, 5.41) is 0. The van der Waals surface area contributed by atoms with Gasteiger partial charge in [0.1, 0.15) is 5.41 Å². The Morgan fingerprint density at radius 1 is 1.05 bits per heavy atom. The summed E-state index contributed by atoms with van der Waals surface area (Å²) in [5.74, 6) is 0.497. The van der Waals surface area contributed by atoms with E-state index in [1.807, 2.05) is 6.07 Å². The van der Waals surface area contributed by atoms with E-state index < -0.39 is 11.6 Å². The highest BCUT2D eigenvalue weighted by Gasteiger charge is 2.65. The van der Waals surface area contributed by atoms with Crippen LogP contribution in [-0.4, -0.2) is 11.2 Å². The van der Waals surface area contributed by atoms with Gasteiger partial charge in [0, 0.05) is 6.20 Å². The number of aromatic nitrogens is 1. The summed E-state index contributed by atoms with van der Waals surface area (Å²) in [6.07, 6.45) is 3.90. The van der Waals surface area contributed by atoms with Crippen LogP contribution in [-0.2, 0) is 5.41 Å². The second kappa shape index (κ2) is 4.50. The predicted molar refractivity (Wildman–Crippen MR) is 67.0 cm³/mol. The molecule has 0 spiro atoms. The van der Waals surface area contributed by atoms with Crippen LogP contribution in [0.25, 0.3) is 0 Å². The normalized spacial score (nSPS) is 23.3. The lowest BCUT2D eigenvalue weighted by molar-refractivity contribution is -0.161. The van der Waals surface area contributed by atoms with Gasteiger partial charge in [-0.25, -0.2) is 0 Å². The molecule has 0 atom stereocenters. The Balaban J connectivity index is 1.79. The van der Waals surface area contributed by atoms with Crippen molar-refractivity contribution in [3.63, 3.8) is 0 Å². The minimum Gasteiger partial charge on any atom is -0.260 e. The third-order valence-electron chi connectivity index (χ3n) is 4.65. The van der Waals surface area contributed by atoms with E-state index in [0.29, 0.717) is 5.92 Å². The van der Waals surface area contributed by atoms with Crippen molar-refractivity contribution >= 4 is 0 Å². The molecule has 0 unspecified atom stereocenters. The van der Waals surface area contributed by atoms with Crippen LogP contribution >= 0.6 is 0 Å². The van der Waals surface area contributed by atoms with E-state index in [2.05, 4.69) is 4.98 Å². The zero-order valence-electron chi connectivity index (χ0n) is 10.8. The molecule has 1 heterocycles. The smallest absolute Gasteiger partial charge is 0.260 e. The maximum Gasteiger partial charge on any atom is 0.399 e. The lowest BCUT2D eigenvalue weighted by atomic mass is 9.84. The average molecular weight is 269 g/mol. The second-order valence-electron chi connectivity index (χ2n) is 5.89. The summed E-state index contributed by atoms with van der Waals surface area (Å²) >= 11 is 0. The standard InChI is InChI=1S/C15H18F3N/c16-15(17,18)14(8-9-14)13-7-6-12(10-19-13)11-4-2-1-3-5-11/h6-7,10-11H,1-5,8-9H2. The molecule has 19 heavy (non-hydrogen) atoms. The fourth-order valence-corrected chi connectivity index (χ4v) is 3.18. The van der Waals surface area contributed by atoms with Gasteiger partial charge in [0.25, 0.3) is 0 Å². The third-order valence-corrected chi connectivity index (χ3v) is 4.65. The van der Waals surface area contributed by atoms with Gasteiger partial charge >= 0.3 is 6.18 Å². The SMILES string of the molecule is FC(F)(F)C1(c2ccc(C3CCCCC3)cn2)CC1. The molecule has 0 N–H and O–H groups in total. The topological polar surface area (TPSA) is 12.9 Å². The van der Waals surface area contributed by atoms with Crippen LogP contribution in [0, 0.1) is 0 Å². The molecule has 4 heteroatoms. The quantitative estimate of drug-likeness (QED) is 0.756.